The number of anilines is 1. The summed E-state index contributed by atoms with van der Waals surface area (Å²) < 4.78 is 3.45. The first kappa shape index (κ1) is 20.2. The van der Waals surface area contributed by atoms with E-state index in [-0.39, 0.29) is 5.91 Å². The summed E-state index contributed by atoms with van der Waals surface area (Å²) >= 11 is 1.54. The number of nitrogens with zero attached hydrogens (tertiary/aromatic N) is 4. The van der Waals surface area contributed by atoms with Crippen molar-refractivity contribution >= 4 is 43.6 Å². The molecule has 2 aromatic heterocycles. The zero-order valence-electron chi connectivity index (χ0n) is 18.0. The molecule has 0 aliphatic carbocycles. The van der Waals surface area contributed by atoms with Crippen molar-refractivity contribution in [1.29, 1.82) is 0 Å². The molecule has 0 saturated carbocycles. The molecule has 0 atom stereocenters. The highest BCUT2D eigenvalue weighted by molar-refractivity contribution is 7.22. The first-order chi connectivity index (χ1) is 15.0. The zero-order valence-corrected chi connectivity index (χ0v) is 18.8. The van der Waals surface area contributed by atoms with Gasteiger partial charge in [-0.1, -0.05) is 29.5 Å². The average Bonchev–Trinajstić information content (AvgIpc) is 3.28. The van der Waals surface area contributed by atoms with Gasteiger partial charge in [-0.15, -0.1) is 0 Å². The van der Waals surface area contributed by atoms with Gasteiger partial charge in [0.2, 0.25) is 5.91 Å². The van der Waals surface area contributed by atoms with Crippen molar-refractivity contribution in [1.82, 2.24) is 19.4 Å². The SMILES string of the molecule is Cc1ccc2nc(NC(=O)CN3CCC(Cn4c(C)nc5ccccc54)CC3)sc2c1. The maximum absolute atomic E-state index is 12.6. The minimum Gasteiger partial charge on any atom is -0.328 e. The first-order valence-electron chi connectivity index (χ1n) is 10.9. The average molecular weight is 434 g/mol. The lowest BCUT2D eigenvalue weighted by Crippen LogP contribution is -2.40. The molecule has 160 valence electrons. The number of imidazole rings is 1. The number of hydrogen-bond acceptors (Lipinski definition) is 5. The number of nitrogens with one attached hydrogen (secondary N) is 1. The molecule has 0 unspecified atom stereocenters. The van der Waals surface area contributed by atoms with Gasteiger partial charge in [0.05, 0.1) is 27.8 Å². The van der Waals surface area contributed by atoms with Crippen molar-refractivity contribution in [2.24, 2.45) is 5.92 Å². The number of aryl methyl sites for hydroxylation is 2. The van der Waals surface area contributed by atoms with Crippen molar-refractivity contribution in [3.05, 3.63) is 53.9 Å². The molecule has 0 spiro atoms. The van der Waals surface area contributed by atoms with Crippen LogP contribution in [0.4, 0.5) is 5.13 Å². The molecule has 6 nitrogen and oxygen atoms in total. The second-order valence-corrected chi connectivity index (χ2v) is 9.55. The molecule has 1 saturated heterocycles. The fourth-order valence-electron chi connectivity index (χ4n) is 4.46. The Balaban J connectivity index is 1.15. The predicted octanol–water partition coefficient (Wildman–Crippen LogP) is 4.61. The number of likely N-dealkylation sites (tertiary alicyclic amines) is 1. The summed E-state index contributed by atoms with van der Waals surface area (Å²) in [5.74, 6) is 1.71. The van der Waals surface area contributed by atoms with E-state index in [0.29, 0.717) is 17.6 Å². The highest BCUT2D eigenvalue weighted by Gasteiger charge is 2.22. The van der Waals surface area contributed by atoms with Crippen LogP contribution in [0.3, 0.4) is 0 Å². The topological polar surface area (TPSA) is 63.1 Å². The number of thiazole rings is 1. The summed E-state index contributed by atoms with van der Waals surface area (Å²) in [6.45, 7) is 7.47. The molecule has 0 bridgehead atoms. The fraction of sp³-hybridized carbons (Fsp3) is 0.375. The normalized spacial score (nSPS) is 15.7. The van der Waals surface area contributed by atoms with Crippen LogP contribution in [-0.4, -0.2) is 45.0 Å². The van der Waals surface area contributed by atoms with Crippen molar-refractivity contribution in [2.75, 3.05) is 25.0 Å². The lowest BCUT2D eigenvalue weighted by Gasteiger charge is -2.31. The Kier molecular flexibility index (Phi) is 5.46. The number of carbonyl (C=O) groups is 1. The number of amides is 1. The van der Waals surface area contributed by atoms with Crippen LogP contribution < -0.4 is 5.32 Å². The van der Waals surface area contributed by atoms with Gasteiger partial charge in [0.15, 0.2) is 5.13 Å². The largest absolute Gasteiger partial charge is 0.328 e. The van der Waals surface area contributed by atoms with Gasteiger partial charge in [0.25, 0.3) is 0 Å². The summed E-state index contributed by atoms with van der Waals surface area (Å²) in [7, 11) is 0. The van der Waals surface area contributed by atoms with Gasteiger partial charge in [-0.05, 0) is 75.5 Å². The Morgan fingerprint density at radius 1 is 1.10 bits per heavy atom. The van der Waals surface area contributed by atoms with Crippen LogP contribution in [0.25, 0.3) is 21.3 Å². The van der Waals surface area contributed by atoms with E-state index in [1.54, 1.807) is 0 Å². The summed E-state index contributed by atoms with van der Waals surface area (Å²) in [4.78, 5) is 24.0. The monoisotopic (exact) mass is 433 g/mol. The van der Waals surface area contributed by atoms with E-state index in [4.69, 9.17) is 0 Å². The van der Waals surface area contributed by atoms with Gasteiger partial charge in [0, 0.05) is 6.54 Å². The smallest absolute Gasteiger partial charge is 0.240 e. The number of piperidine rings is 1. The third-order valence-electron chi connectivity index (χ3n) is 6.15. The second-order valence-electron chi connectivity index (χ2n) is 8.52. The molecule has 4 aromatic rings. The molecule has 1 fully saturated rings. The Labute approximate surface area is 185 Å². The number of hydrogen-bond donors (Lipinski definition) is 1. The summed E-state index contributed by atoms with van der Waals surface area (Å²) in [6.07, 6.45) is 2.19. The summed E-state index contributed by atoms with van der Waals surface area (Å²) in [6, 6.07) is 14.5. The van der Waals surface area contributed by atoms with Crippen LogP contribution in [0.2, 0.25) is 0 Å². The van der Waals surface area contributed by atoms with E-state index < -0.39 is 0 Å². The molecule has 31 heavy (non-hydrogen) atoms. The van der Waals surface area contributed by atoms with E-state index in [2.05, 4.69) is 62.9 Å². The molecule has 0 radical (unpaired) electrons. The molecule has 3 heterocycles. The van der Waals surface area contributed by atoms with Gasteiger partial charge >= 0.3 is 0 Å². The van der Waals surface area contributed by atoms with E-state index >= 15 is 0 Å². The van der Waals surface area contributed by atoms with Crippen LogP contribution in [0.15, 0.2) is 42.5 Å². The minimum absolute atomic E-state index is 0.0191. The standard InChI is InChI=1S/C24H27N5OS/c1-16-7-8-20-22(13-16)31-24(26-20)27-23(30)15-28-11-9-18(10-12-28)14-29-17(2)25-19-5-3-4-6-21(19)29/h3-8,13,18H,9-12,14-15H2,1-2H3,(H,26,27,30). The van der Waals surface area contributed by atoms with Crippen LogP contribution in [0.1, 0.15) is 24.2 Å². The maximum Gasteiger partial charge on any atom is 0.240 e. The van der Waals surface area contributed by atoms with Crippen LogP contribution in [0, 0.1) is 19.8 Å². The zero-order chi connectivity index (χ0) is 21.4. The maximum atomic E-state index is 12.6. The molecular weight excluding hydrogens is 406 g/mol. The van der Waals surface area contributed by atoms with Crippen molar-refractivity contribution in [2.45, 2.75) is 33.2 Å². The fourth-order valence-corrected chi connectivity index (χ4v) is 5.44. The molecular formula is C24H27N5OS. The number of rotatable bonds is 5. The molecule has 1 amide bonds. The van der Waals surface area contributed by atoms with E-state index in [1.807, 2.05) is 18.2 Å². The van der Waals surface area contributed by atoms with Crippen LogP contribution in [0.5, 0.6) is 0 Å². The number of aromatic nitrogens is 3. The number of benzene rings is 2. The Morgan fingerprint density at radius 3 is 2.74 bits per heavy atom. The molecule has 1 aliphatic heterocycles. The van der Waals surface area contributed by atoms with Gasteiger partial charge in [-0.25, -0.2) is 9.97 Å². The van der Waals surface area contributed by atoms with Crippen LogP contribution >= 0.6 is 11.3 Å². The van der Waals surface area contributed by atoms with Crippen LogP contribution in [-0.2, 0) is 11.3 Å². The highest BCUT2D eigenvalue weighted by Crippen LogP contribution is 2.27. The van der Waals surface area contributed by atoms with Crippen molar-refractivity contribution in [3.63, 3.8) is 0 Å². The van der Waals surface area contributed by atoms with Crippen molar-refractivity contribution in [3.8, 4) is 0 Å². The second kappa shape index (κ2) is 8.40. The number of fused-ring (bicyclic) bond motifs is 2. The van der Waals surface area contributed by atoms with Gasteiger partial charge < -0.3 is 9.88 Å². The molecule has 5 rings (SSSR count). The summed E-state index contributed by atoms with van der Waals surface area (Å²) in [5, 5.41) is 3.67. The first-order valence-corrected chi connectivity index (χ1v) is 11.7. The Morgan fingerprint density at radius 2 is 1.90 bits per heavy atom. The van der Waals surface area contributed by atoms with Crippen molar-refractivity contribution < 1.29 is 4.79 Å². The molecule has 1 N–H and O–H groups in total. The van der Waals surface area contributed by atoms with E-state index in [0.717, 1.165) is 54.0 Å². The van der Waals surface area contributed by atoms with E-state index in [9.17, 15) is 4.79 Å². The van der Waals surface area contributed by atoms with Gasteiger partial charge in [-0.2, -0.15) is 0 Å². The number of carbonyl (C=O) groups excluding carboxylic acids is 1. The molecule has 2 aromatic carbocycles. The van der Waals surface area contributed by atoms with Gasteiger partial charge in [0.1, 0.15) is 5.82 Å². The lowest BCUT2D eigenvalue weighted by molar-refractivity contribution is -0.117. The van der Waals surface area contributed by atoms with E-state index in [1.165, 1.54) is 22.4 Å². The minimum atomic E-state index is 0.0191. The third-order valence-corrected chi connectivity index (χ3v) is 7.08. The number of para-hydroxylation sites is 2. The summed E-state index contributed by atoms with van der Waals surface area (Å²) in [5.41, 5.74) is 4.43. The third kappa shape index (κ3) is 4.34. The highest BCUT2D eigenvalue weighted by atomic mass is 32.1. The van der Waals surface area contributed by atoms with Gasteiger partial charge in [-0.3, -0.25) is 9.69 Å². The molecule has 1 aliphatic rings. The lowest BCUT2D eigenvalue weighted by atomic mass is 9.96. The molecule has 7 heteroatoms. The quantitative estimate of drug-likeness (QED) is 0.499. The Hall–Kier alpha value is -2.77. The Bertz CT molecular complexity index is 1240. The predicted molar refractivity (Wildman–Crippen MR) is 127 cm³/mol.